The molecule has 7 heteroatoms. The zero-order valence-electron chi connectivity index (χ0n) is 11.8. The molecule has 1 aromatic heterocycles. The topological polar surface area (TPSA) is 89.1 Å². The number of hydrogen-bond acceptors (Lipinski definition) is 5. The molecule has 0 atom stereocenters. The highest BCUT2D eigenvalue weighted by atomic mass is 32.2. The normalized spacial score (nSPS) is 9.17. The Morgan fingerprint density at radius 1 is 0.913 bits per heavy atom. The lowest BCUT2D eigenvalue weighted by molar-refractivity contribution is 0.627. The van der Waals surface area contributed by atoms with Crippen molar-refractivity contribution in [2.24, 2.45) is 0 Å². The number of hydrogen-bond donors (Lipinski definition) is 1. The van der Waals surface area contributed by atoms with Gasteiger partial charge in [0.05, 0.1) is 29.5 Å². The van der Waals surface area contributed by atoms with E-state index in [1.807, 2.05) is 18.2 Å². The summed E-state index contributed by atoms with van der Waals surface area (Å²) in [5.74, 6) is -0.311. The summed E-state index contributed by atoms with van der Waals surface area (Å²) in [6, 6.07) is 16.7. The van der Waals surface area contributed by atoms with E-state index in [1.54, 1.807) is 18.3 Å². The maximum Gasteiger partial charge on any atom is 0.143 e. The van der Waals surface area contributed by atoms with Crippen LogP contribution in [0.3, 0.4) is 0 Å². The van der Waals surface area contributed by atoms with Gasteiger partial charge in [-0.1, -0.05) is 11.8 Å². The number of nitrogens with zero attached hydrogens (tertiary/aromatic N) is 4. The minimum Gasteiger partial charge on any atom is -0.207 e. The number of H-pyrrole nitrogens is 1. The predicted octanol–water partition coefficient (Wildman–Crippen LogP) is 3.52. The molecule has 0 radical (unpaired) electrons. The molecule has 0 saturated heterocycles. The Kier molecular flexibility index (Phi) is 5.87. The fraction of sp³-hybridized carbons (Fsp3) is 0. The van der Waals surface area contributed by atoms with E-state index in [0.717, 1.165) is 9.92 Å². The van der Waals surface area contributed by atoms with E-state index in [0.29, 0.717) is 11.1 Å². The van der Waals surface area contributed by atoms with Crippen LogP contribution in [0.25, 0.3) is 0 Å². The van der Waals surface area contributed by atoms with E-state index >= 15 is 0 Å². The summed E-state index contributed by atoms with van der Waals surface area (Å²) in [5.41, 5.74) is 1.14. The van der Waals surface area contributed by atoms with Gasteiger partial charge in [0.15, 0.2) is 0 Å². The van der Waals surface area contributed by atoms with Crippen molar-refractivity contribution < 1.29 is 4.39 Å². The summed E-state index contributed by atoms with van der Waals surface area (Å²) in [4.78, 5) is 1.04. The molecule has 0 aliphatic carbocycles. The highest BCUT2D eigenvalue weighted by Crippen LogP contribution is 2.24. The van der Waals surface area contributed by atoms with E-state index in [4.69, 9.17) is 10.5 Å². The smallest absolute Gasteiger partial charge is 0.143 e. The molecule has 0 bridgehead atoms. The van der Waals surface area contributed by atoms with Gasteiger partial charge in [-0.3, -0.25) is 0 Å². The van der Waals surface area contributed by atoms with Crippen LogP contribution in [0.2, 0.25) is 0 Å². The van der Waals surface area contributed by atoms with Gasteiger partial charge in [-0.15, -0.1) is 5.10 Å². The molecule has 23 heavy (non-hydrogen) atoms. The van der Waals surface area contributed by atoms with Crippen LogP contribution >= 0.6 is 11.8 Å². The Morgan fingerprint density at radius 3 is 1.96 bits per heavy atom. The standard InChI is InChI=1S/C9H6N4S.C7H4FN/c10-5-7-1-3-8(4-2-7)14-9-6-11-13-12-9;8-7-3-1-6(5-9)2-4-7/h1-4,6H,(H,11,12,13);1-4H. The third kappa shape index (κ3) is 5.27. The molecule has 0 saturated carbocycles. The van der Waals surface area contributed by atoms with Crippen LogP contribution in [-0.2, 0) is 0 Å². The van der Waals surface area contributed by atoms with Gasteiger partial charge in [0.25, 0.3) is 0 Å². The van der Waals surface area contributed by atoms with Crippen LogP contribution in [-0.4, -0.2) is 15.4 Å². The number of nitriles is 2. The van der Waals surface area contributed by atoms with E-state index in [1.165, 1.54) is 36.0 Å². The average molecular weight is 323 g/mol. The first-order chi connectivity index (χ1) is 11.2. The number of benzene rings is 2. The second-order valence-electron chi connectivity index (χ2n) is 4.17. The monoisotopic (exact) mass is 323 g/mol. The van der Waals surface area contributed by atoms with E-state index in [-0.39, 0.29) is 5.82 Å². The molecule has 2 aromatic carbocycles. The molecule has 1 N–H and O–H groups in total. The molecule has 5 nitrogen and oxygen atoms in total. The van der Waals surface area contributed by atoms with Gasteiger partial charge in [-0.25, -0.2) is 4.39 Å². The van der Waals surface area contributed by atoms with Crippen molar-refractivity contribution in [3.63, 3.8) is 0 Å². The number of halogens is 1. The van der Waals surface area contributed by atoms with Crippen LogP contribution in [0.4, 0.5) is 4.39 Å². The quantitative estimate of drug-likeness (QED) is 0.779. The highest BCUT2D eigenvalue weighted by molar-refractivity contribution is 7.99. The Morgan fingerprint density at radius 2 is 1.48 bits per heavy atom. The predicted molar refractivity (Wildman–Crippen MR) is 82.8 cm³/mol. The van der Waals surface area contributed by atoms with Gasteiger partial charge in [0, 0.05) is 4.90 Å². The molecule has 3 aromatic rings. The maximum atomic E-state index is 12.1. The Labute approximate surface area is 136 Å². The van der Waals surface area contributed by atoms with Crippen LogP contribution in [0, 0.1) is 28.5 Å². The first-order valence-corrected chi connectivity index (χ1v) is 7.22. The van der Waals surface area contributed by atoms with E-state index in [2.05, 4.69) is 21.5 Å². The summed E-state index contributed by atoms with van der Waals surface area (Å²) < 4.78 is 12.1. The lowest BCUT2D eigenvalue weighted by atomic mass is 10.2. The van der Waals surface area contributed by atoms with E-state index in [9.17, 15) is 4.39 Å². The van der Waals surface area contributed by atoms with Crippen molar-refractivity contribution in [1.29, 1.82) is 10.5 Å². The summed E-state index contributed by atoms with van der Waals surface area (Å²) in [6.07, 6.45) is 1.66. The molecule has 0 spiro atoms. The Hall–Kier alpha value is -3.16. The number of nitrogens with one attached hydrogen (secondary N) is 1. The lowest BCUT2D eigenvalue weighted by Crippen LogP contribution is -1.76. The van der Waals surface area contributed by atoms with Crippen molar-refractivity contribution in [2.45, 2.75) is 9.92 Å². The van der Waals surface area contributed by atoms with Gasteiger partial charge in [0.2, 0.25) is 0 Å². The second-order valence-corrected chi connectivity index (χ2v) is 5.26. The van der Waals surface area contributed by atoms with Crippen molar-refractivity contribution in [3.8, 4) is 12.1 Å². The fourth-order valence-electron chi connectivity index (χ4n) is 1.48. The molecule has 112 valence electrons. The van der Waals surface area contributed by atoms with Gasteiger partial charge >= 0.3 is 0 Å². The molecular formula is C16H10FN5S. The third-order valence-corrected chi connectivity index (χ3v) is 3.49. The number of aromatic amines is 1. The van der Waals surface area contributed by atoms with Crippen molar-refractivity contribution in [1.82, 2.24) is 15.4 Å². The van der Waals surface area contributed by atoms with Crippen LogP contribution < -0.4 is 0 Å². The zero-order valence-corrected chi connectivity index (χ0v) is 12.6. The highest BCUT2D eigenvalue weighted by Gasteiger charge is 1.99. The summed E-state index contributed by atoms with van der Waals surface area (Å²) in [6.45, 7) is 0. The molecule has 1 heterocycles. The number of rotatable bonds is 2. The molecular weight excluding hydrogens is 313 g/mol. The molecule has 0 aliphatic heterocycles. The fourth-order valence-corrected chi connectivity index (χ4v) is 2.19. The summed E-state index contributed by atoms with van der Waals surface area (Å²) in [5, 5.41) is 27.8. The van der Waals surface area contributed by atoms with Gasteiger partial charge < -0.3 is 0 Å². The Bertz CT molecular complexity index is 815. The second kappa shape index (κ2) is 8.32. The average Bonchev–Trinajstić information content (AvgIpc) is 3.10. The molecule has 0 fully saturated rings. The SMILES string of the molecule is N#Cc1ccc(F)cc1.N#Cc1ccc(Sc2cn[nH]n2)cc1. The largest absolute Gasteiger partial charge is 0.207 e. The van der Waals surface area contributed by atoms with Crippen molar-refractivity contribution in [3.05, 3.63) is 71.7 Å². The lowest BCUT2D eigenvalue weighted by Gasteiger charge is -1.95. The minimum absolute atomic E-state index is 0.311. The first kappa shape index (κ1) is 16.2. The maximum absolute atomic E-state index is 12.1. The van der Waals surface area contributed by atoms with Gasteiger partial charge in [0.1, 0.15) is 10.8 Å². The molecule has 3 rings (SSSR count). The number of aromatic nitrogens is 3. The van der Waals surface area contributed by atoms with Crippen LogP contribution in [0.1, 0.15) is 11.1 Å². The van der Waals surface area contributed by atoms with E-state index < -0.39 is 0 Å². The Balaban J connectivity index is 0.000000185. The van der Waals surface area contributed by atoms with Crippen molar-refractivity contribution in [2.75, 3.05) is 0 Å². The van der Waals surface area contributed by atoms with Gasteiger partial charge in [-0.05, 0) is 48.5 Å². The van der Waals surface area contributed by atoms with Crippen LogP contribution in [0.5, 0.6) is 0 Å². The van der Waals surface area contributed by atoms with Crippen molar-refractivity contribution >= 4 is 11.8 Å². The van der Waals surface area contributed by atoms with Gasteiger partial charge in [-0.2, -0.15) is 20.8 Å². The first-order valence-electron chi connectivity index (χ1n) is 6.40. The summed E-state index contributed by atoms with van der Waals surface area (Å²) in [7, 11) is 0. The minimum atomic E-state index is -0.311. The molecule has 0 unspecified atom stereocenters. The molecule has 0 amide bonds. The third-order valence-electron chi connectivity index (χ3n) is 2.57. The summed E-state index contributed by atoms with van der Waals surface area (Å²) >= 11 is 1.50. The molecule has 0 aliphatic rings. The van der Waals surface area contributed by atoms with Crippen LogP contribution in [0.15, 0.2) is 64.6 Å². The zero-order chi connectivity index (χ0) is 16.5.